The van der Waals surface area contributed by atoms with E-state index >= 15 is 0 Å². The maximum atomic E-state index is 14.0. The molecule has 0 atom stereocenters. The van der Waals surface area contributed by atoms with Crippen LogP contribution in [0.5, 0.6) is 0 Å². The molecule has 0 unspecified atom stereocenters. The number of benzene rings is 1. The molecule has 0 saturated heterocycles. The molecule has 1 saturated carbocycles. The second kappa shape index (κ2) is 6.39. The molecule has 0 aliphatic heterocycles. The number of ether oxygens (including phenoxy) is 1. The highest BCUT2D eigenvalue weighted by Gasteiger charge is 2.38. The molecule has 0 bridgehead atoms. The number of halogens is 1. The lowest BCUT2D eigenvalue weighted by Crippen LogP contribution is -2.49. The summed E-state index contributed by atoms with van der Waals surface area (Å²) in [6.45, 7) is 0.654. The summed E-state index contributed by atoms with van der Waals surface area (Å²) in [5.41, 5.74) is 0.261. The second-order valence-electron chi connectivity index (χ2n) is 5.36. The first-order valence-corrected chi connectivity index (χ1v) is 8.39. The monoisotopic (exact) mass is 316 g/mol. The molecule has 1 aromatic rings. The average molecular weight is 316 g/mol. The Balaban J connectivity index is 2.12. The smallest absolute Gasteiger partial charge is 0.243 e. The minimum atomic E-state index is -3.87. The van der Waals surface area contributed by atoms with Crippen molar-refractivity contribution in [3.8, 4) is 0 Å². The Kier molecular flexibility index (Phi) is 4.98. The van der Waals surface area contributed by atoms with Gasteiger partial charge in [0.2, 0.25) is 10.0 Å². The van der Waals surface area contributed by atoms with Gasteiger partial charge in [0, 0.05) is 20.2 Å². The molecule has 0 heterocycles. The van der Waals surface area contributed by atoms with E-state index < -0.39 is 21.4 Å². The van der Waals surface area contributed by atoms with E-state index in [0.29, 0.717) is 12.1 Å². The van der Waals surface area contributed by atoms with E-state index in [0.717, 1.165) is 19.3 Å². The first-order valence-electron chi connectivity index (χ1n) is 6.90. The van der Waals surface area contributed by atoms with Gasteiger partial charge in [0.1, 0.15) is 10.7 Å². The van der Waals surface area contributed by atoms with E-state index in [1.807, 2.05) is 0 Å². The van der Waals surface area contributed by atoms with Gasteiger partial charge >= 0.3 is 0 Å². The largest absolute Gasteiger partial charge is 0.377 e. The van der Waals surface area contributed by atoms with Crippen LogP contribution in [0.25, 0.3) is 0 Å². The molecular weight excluding hydrogens is 295 g/mol. The molecular formula is C14H21FN2O3S. The van der Waals surface area contributed by atoms with Crippen molar-refractivity contribution >= 4 is 10.0 Å². The molecule has 2 rings (SSSR count). The number of nitrogens with one attached hydrogen (secondary N) is 2. The van der Waals surface area contributed by atoms with Crippen LogP contribution in [0.15, 0.2) is 23.1 Å². The molecule has 1 fully saturated rings. The van der Waals surface area contributed by atoms with Crippen LogP contribution in [-0.2, 0) is 21.3 Å². The summed E-state index contributed by atoms with van der Waals surface area (Å²) in [5, 5.41) is 2.89. The van der Waals surface area contributed by atoms with Crippen molar-refractivity contribution in [2.24, 2.45) is 0 Å². The van der Waals surface area contributed by atoms with Gasteiger partial charge in [-0.3, -0.25) is 0 Å². The molecule has 5 nitrogen and oxygen atoms in total. The highest BCUT2D eigenvalue weighted by molar-refractivity contribution is 7.89. The Morgan fingerprint density at radius 1 is 1.38 bits per heavy atom. The van der Waals surface area contributed by atoms with Crippen molar-refractivity contribution in [2.75, 3.05) is 20.7 Å². The molecule has 1 aliphatic carbocycles. The lowest BCUT2D eigenvalue weighted by atomic mass is 9.80. The minimum Gasteiger partial charge on any atom is -0.377 e. The van der Waals surface area contributed by atoms with Crippen LogP contribution in [-0.4, -0.2) is 34.7 Å². The molecule has 0 radical (unpaired) electrons. The summed E-state index contributed by atoms with van der Waals surface area (Å²) in [4.78, 5) is -0.326. The van der Waals surface area contributed by atoms with E-state index in [1.54, 1.807) is 20.2 Å². The molecule has 1 aliphatic rings. The lowest BCUT2D eigenvalue weighted by Gasteiger charge is -2.40. The van der Waals surface area contributed by atoms with Gasteiger partial charge in [0.15, 0.2) is 0 Å². The summed E-state index contributed by atoms with van der Waals surface area (Å²) in [6.07, 6.45) is 2.65. The molecule has 1 aromatic carbocycles. The Hall–Kier alpha value is -1.02. The topological polar surface area (TPSA) is 67.4 Å². The summed E-state index contributed by atoms with van der Waals surface area (Å²) in [5.74, 6) is -0.740. The van der Waals surface area contributed by atoms with Crippen LogP contribution < -0.4 is 10.0 Å². The third-order valence-corrected chi connectivity index (χ3v) is 5.38. The normalized spacial score (nSPS) is 17.5. The lowest BCUT2D eigenvalue weighted by molar-refractivity contribution is -0.0659. The number of hydrogen-bond acceptors (Lipinski definition) is 4. The second-order valence-corrected chi connectivity index (χ2v) is 7.10. The Bertz CT molecular complexity index is 595. The van der Waals surface area contributed by atoms with Crippen molar-refractivity contribution in [3.63, 3.8) is 0 Å². The van der Waals surface area contributed by atoms with Crippen LogP contribution >= 0.6 is 0 Å². The summed E-state index contributed by atoms with van der Waals surface area (Å²) < 4.78 is 46.2. The Morgan fingerprint density at radius 3 is 2.57 bits per heavy atom. The third-order valence-electron chi connectivity index (χ3n) is 3.95. The van der Waals surface area contributed by atoms with E-state index in [-0.39, 0.29) is 11.4 Å². The van der Waals surface area contributed by atoms with Crippen molar-refractivity contribution in [1.82, 2.24) is 10.0 Å². The van der Waals surface area contributed by atoms with Crippen molar-refractivity contribution in [1.29, 1.82) is 0 Å². The van der Waals surface area contributed by atoms with Gasteiger partial charge in [-0.25, -0.2) is 17.5 Å². The molecule has 2 N–H and O–H groups in total. The number of sulfonamides is 1. The highest BCUT2D eigenvalue weighted by atomic mass is 32.2. The van der Waals surface area contributed by atoms with E-state index in [9.17, 15) is 12.8 Å². The van der Waals surface area contributed by atoms with E-state index in [4.69, 9.17) is 4.74 Å². The summed E-state index contributed by atoms with van der Waals surface area (Å²) in [7, 11) is -0.555. The molecule has 0 amide bonds. The zero-order chi connectivity index (χ0) is 15.5. The Labute approximate surface area is 124 Å². The van der Waals surface area contributed by atoms with Crippen molar-refractivity contribution in [3.05, 3.63) is 29.6 Å². The predicted molar refractivity (Wildman–Crippen MR) is 77.9 cm³/mol. The summed E-state index contributed by atoms with van der Waals surface area (Å²) in [6, 6.07) is 4.13. The predicted octanol–water partition coefficient (Wildman–Crippen LogP) is 1.39. The van der Waals surface area contributed by atoms with Crippen LogP contribution in [0.2, 0.25) is 0 Å². The SMILES string of the molecule is CNCc1ccc(S(=O)(=O)NCC2(OC)CCC2)c(F)c1. The standard InChI is InChI=1S/C14H21FN2O3S/c1-16-9-11-4-5-13(12(15)8-11)21(18,19)17-10-14(20-2)6-3-7-14/h4-5,8,16-17H,3,6-7,9-10H2,1-2H3. The van der Waals surface area contributed by atoms with Gasteiger partial charge in [0.25, 0.3) is 0 Å². The number of methoxy groups -OCH3 is 1. The van der Waals surface area contributed by atoms with Crippen LogP contribution in [0, 0.1) is 5.82 Å². The van der Waals surface area contributed by atoms with Crippen LogP contribution in [0.3, 0.4) is 0 Å². The third kappa shape index (κ3) is 3.60. The van der Waals surface area contributed by atoms with Gasteiger partial charge in [-0.2, -0.15) is 0 Å². The number of hydrogen-bond donors (Lipinski definition) is 2. The number of rotatable bonds is 7. The quantitative estimate of drug-likeness (QED) is 0.798. The van der Waals surface area contributed by atoms with Crippen LogP contribution in [0.1, 0.15) is 24.8 Å². The van der Waals surface area contributed by atoms with Crippen LogP contribution in [0.4, 0.5) is 4.39 Å². The molecule has 0 spiro atoms. The maximum absolute atomic E-state index is 14.0. The van der Waals surface area contributed by atoms with E-state index in [2.05, 4.69) is 10.0 Å². The Morgan fingerprint density at radius 2 is 2.10 bits per heavy atom. The maximum Gasteiger partial charge on any atom is 0.243 e. The zero-order valence-corrected chi connectivity index (χ0v) is 13.1. The molecule has 7 heteroatoms. The first-order chi connectivity index (χ1) is 9.92. The first kappa shape index (κ1) is 16.4. The van der Waals surface area contributed by atoms with Crippen molar-refractivity contribution < 1.29 is 17.5 Å². The zero-order valence-electron chi connectivity index (χ0n) is 12.3. The summed E-state index contributed by atoms with van der Waals surface area (Å²) >= 11 is 0. The van der Waals surface area contributed by atoms with Gasteiger partial charge < -0.3 is 10.1 Å². The van der Waals surface area contributed by atoms with Gasteiger partial charge in [0.05, 0.1) is 5.60 Å². The average Bonchev–Trinajstić information content (AvgIpc) is 2.38. The highest BCUT2D eigenvalue weighted by Crippen LogP contribution is 2.34. The molecule has 21 heavy (non-hydrogen) atoms. The van der Waals surface area contributed by atoms with E-state index in [1.165, 1.54) is 12.1 Å². The molecule has 118 valence electrons. The fraction of sp³-hybridized carbons (Fsp3) is 0.571. The molecule has 0 aromatic heterocycles. The van der Waals surface area contributed by atoms with Gasteiger partial charge in [-0.1, -0.05) is 6.07 Å². The van der Waals surface area contributed by atoms with Crippen molar-refractivity contribution in [2.45, 2.75) is 36.3 Å². The minimum absolute atomic E-state index is 0.170. The fourth-order valence-electron chi connectivity index (χ4n) is 2.40. The van der Waals surface area contributed by atoms with Gasteiger partial charge in [-0.15, -0.1) is 0 Å². The fourth-order valence-corrected chi connectivity index (χ4v) is 3.58. The van der Waals surface area contributed by atoms with Gasteiger partial charge in [-0.05, 0) is 44.0 Å².